The summed E-state index contributed by atoms with van der Waals surface area (Å²) in [5.41, 5.74) is 6.03. The number of halogens is 1. The van der Waals surface area contributed by atoms with Crippen LogP contribution in [0.2, 0.25) is 0 Å². The van der Waals surface area contributed by atoms with E-state index in [1.165, 1.54) is 0 Å². The van der Waals surface area contributed by atoms with Crippen molar-refractivity contribution in [3.63, 3.8) is 0 Å². The second-order valence-electron chi connectivity index (χ2n) is 3.59. The summed E-state index contributed by atoms with van der Waals surface area (Å²) in [6, 6.07) is 4.09. The molecule has 0 saturated carbocycles. The lowest BCUT2D eigenvalue weighted by Gasteiger charge is -2.19. The number of hydrogen-bond donors (Lipinski definition) is 1. The first-order chi connectivity index (χ1) is 6.56. The van der Waals surface area contributed by atoms with E-state index >= 15 is 0 Å². The largest absolute Gasteiger partial charge is 0.322 e. The SMILES string of the molecule is CC(C)C(C#N)C(N)c1cc(Br)cs1. The number of hydrogen-bond acceptors (Lipinski definition) is 3. The topological polar surface area (TPSA) is 49.8 Å². The van der Waals surface area contributed by atoms with Crippen LogP contribution < -0.4 is 5.73 Å². The summed E-state index contributed by atoms with van der Waals surface area (Å²) < 4.78 is 1.04. The Morgan fingerprint density at radius 3 is 2.57 bits per heavy atom. The normalized spacial score (nSPS) is 15.1. The third-order valence-corrected chi connectivity index (χ3v) is 3.97. The molecule has 76 valence electrons. The molecule has 0 aliphatic heterocycles. The molecule has 2 atom stereocenters. The highest BCUT2D eigenvalue weighted by atomic mass is 79.9. The molecule has 1 aromatic rings. The van der Waals surface area contributed by atoms with Gasteiger partial charge in [-0.3, -0.25) is 0 Å². The second kappa shape index (κ2) is 4.92. The quantitative estimate of drug-likeness (QED) is 0.918. The molecule has 4 heteroatoms. The van der Waals surface area contributed by atoms with E-state index in [1.54, 1.807) is 11.3 Å². The van der Waals surface area contributed by atoms with Gasteiger partial charge in [-0.1, -0.05) is 13.8 Å². The summed E-state index contributed by atoms with van der Waals surface area (Å²) in [6.45, 7) is 4.05. The first-order valence-electron chi connectivity index (χ1n) is 4.45. The molecule has 2 N–H and O–H groups in total. The highest BCUT2D eigenvalue weighted by Crippen LogP contribution is 2.31. The van der Waals surface area contributed by atoms with Crippen molar-refractivity contribution in [1.29, 1.82) is 5.26 Å². The van der Waals surface area contributed by atoms with Crippen LogP contribution in [0.1, 0.15) is 24.8 Å². The van der Waals surface area contributed by atoms with Gasteiger partial charge < -0.3 is 5.73 Å². The van der Waals surface area contributed by atoms with Crippen LogP contribution in [0.15, 0.2) is 15.9 Å². The maximum absolute atomic E-state index is 9.00. The van der Waals surface area contributed by atoms with E-state index in [2.05, 4.69) is 22.0 Å². The molecule has 0 aliphatic rings. The average Bonchev–Trinajstić information content (AvgIpc) is 2.52. The molecule has 0 fully saturated rings. The minimum Gasteiger partial charge on any atom is -0.322 e. The van der Waals surface area contributed by atoms with Gasteiger partial charge in [-0.2, -0.15) is 5.26 Å². The smallest absolute Gasteiger partial charge is 0.0687 e. The zero-order chi connectivity index (χ0) is 10.7. The highest BCUT2D eigenvalue weighted by molar-refractivity contribution is 9.10. The maximum atomic E-state index is 9.00. The molecule has 0 amide bonds. The van der Waals surface area contributed by atoms with Crippen LogP contribution in [-0.4, -0.2) is 0 Å². The monoisotopic (exact) mass is 272 g/mol. The highest BCUT2D eigenvalue weighted by Gasteiger charge is 2.23. The number of nitriles is 1. The molecule has 0 spiro atoms. The van der Waals surface area contributed by atoms with Crippen molar-refractivity contribution in [2.24, 2.45) is 17.6 Å². The van der Waals surface area contributed by atoms with E-state index in [4.69, 9.17) is 11.0 Å². The van der Waals surface area contributed by atoms with Gasteiger partial charge in [0.05, 0.1) is 18.0 Å². The van der Waals surface area contributed by atoms with E-state index in [1.807, 2.05) is 25.3 Å². The summed E-state index contributed by atoms with van der Waals surface area (Å²) in [6.07, 6.45) is 0. The van der Waals surface area contributed by atoms with Gasteiger partial charge in [0.25, 0.3) is 0 Å². The van der Waals surface area contributed by atoms with E-state index in [9.17, 15) is 0 Å². The van der Waals surface area contributed by atoms with Crippen LogP contribution in [0, 0.1) is 23.2 Å². The van der Waals surface area contributed by atoms with Gasteiger partial charge in [-0.05, 0) is 27.9 Å². The fraction of sp³-hybridized carbons (Fsp3) is 0.500. The Labute approximate surface area is 96.9 Å². The van der Waals surface area contributed by atoms with Crippen LogP contribution in [0.4, 0.5) is 0 Å². The van der Waals surface area contributed by atoms with Gasteiger partial charge in [0.2, 0.25) is 0 Å². The summed E-state index contributed by atoms with van der Waals surface area (Å²) in [5, 5.41) is 11.0. The molecule has 14 heavy (non-hydrogen) atoms. The Bertz CT molecular complexity index is 340. The van der Waals surface area contributed by atoms with Gasteiger partial charge in [0, 0.05) is 14.7 Å². The van der Waals surface area contributed by atoms with Gasteiger partial charge in [0.15, 0.2) is 0 Å². The van der Waals surface area contributed by atoms with Gasteiger partial charge in [-0.25, -0.2) is 0 Å². The van der Waals surface area contributed by atoms with Crippen LogP contribution >= 0.6 is 27.3 Å². The summed E-state index contributed by atoms with van der Waals surface area (Å²) in [7, 11) is 0. The molecule has 2 nitrogen and oxygen atoms in total. The lowest BCUT2D eigenvalue weighted by atomic mass is 9.89. The third-order valence-electron chi connectivity index (χ3n) is 2.17. The molecule has 0 radical (unpaired) electrons. The summed E-state index contributed by atoms with van der Waals surface area (Å²) >= 11 is 4.98. The summed E-state index contributed by atoms with van der Waals surface area (Å²) in [5.74, 6) is 0.177. The average molecular weight is 273 g/mol. The molecule has 0 saturated heterocycles. The number of nitrogens with zero attached hydrogens (tertiary/aromatic N) is 1. The predicted molar refractivity (Wildman–Crippen MR) is 62.9 cm³/mol. The molecular formula is C10H13BrN2S. The number of thiophene rings is 1. The van der Waals surface area contributed by atoms with E-state index in [0.717, 1.165) is 9.35 Å². The van der Waals surface area contributed by atoms with Crippen LogP contribution in [-0.2, 0) is 0 Å². The van der Waals surface area contributed by atoms with E-state index in [0.29, 0.717) is 0 Å². The zero-order valence-corrected chi connectivity index (χ0v) is 10.6. The Hall–Kier alpha value is -0.370. The molecule has 1 aromatic heterocycles. The number of rotatable bonds is 3. The van der Waals surface area contributed by atoms with Crippen molar-refractivity contribution >= 4 is 27.3 Å². The lowest BCUT2D eigenvalue weighted by Crippen LogP contribution is -2.23. The van der Waals surface area contributed by atoms with Crippen molar-refractivity contribution in [3.05, 3.63) is 20.8 Å². The molecule has 1 heterocycles. The van der Waals surface area contributed by atoms with Crippen molar-refractivity contribution in [1.82, 2.24) is 0 Å². The first-order valence-corrected chi connectivity index (χ1v) is 6.12. The fourth-order valence-electron chi connectivity index (χ4n) is 1.32. The van der Waals surface area contributed by atoms with Crippen molar-refractivity contribution < 1.29 is 0 Å². The van der Waals surface area contributed by atoms with Gasteiger partial charge >= 0.3 is 0 Å². The maximum Gasteiger partial charge on any atom is 0.0687 e. The molecule has 0 aliphatic carbocycles. The Morgan fingerprint density at radius 1 is 1.57 bits per heavy atom. The van der Waals surface area contributed by atoms with E-state index < -0.39 is 0 Å². The molecule has 0 aromatic carbocycles. The first kappa shape index (κ1) is 11.7. The predicted octanol–water partition coefficient (Wildman–Crippen LogP) is 3.31. The third kappa shape index (κ3) is 2.57. The van der Waals surface area contributed by atoms with Crippen LogP contribution in [0.25, 0.3) is 0 Å². The zero-order valence-electron chi connectivity index (χ0n) is 8.20. The fourth-order valence-corrected chi connectivity index (χ4v) is 2.82. The van der Waals surface area contributed by atoms with Gasteiger partial charge in [0.1, 0.15) is 0 Å². The van der Waals surface area contributed by atoms with Crippen molar-refractivity contribution in [2.45, 2.75) is 19.9 Å². The molecule has 1 rings (SSSR count). The van der Waals surface area contributed by atoms with E-state index in [-0.39, 0.29) is 17.9 Å². The molecular weight excluding hydrogens is 260 g/mol. The van der Waals surface area contributed by atoms with Crippen molar-refractivity contribution in [2.75, 3.05) is 0 Å². The lowest BCUT2D eigenvalue weighted by molar-refractivity contribution is 0.407. The Morgan fingerprint density at radius 2 is 2.21 bits per heavy atom. The standard InChI is InChI=1S/C10H13BrN2S/c1-6(2)8(4-12)10(13)9-3-7(11)5-14-9/h3,5-6,8,10H,13H2,1-2H3. The number of nitrogens with two attached hydrogens (primary N) is 1. The molecule has 2 unspecified atom stereocenters. The second-order valence-corrected chi connectivity index (χ2v) is 5.45. The minimum atomic E-state index is -0.170. The Balaban J connectivity index is 2.84. The van der Waals surface area contributed by atoms with Crippen molar-refractivity contribution in [3.8, 4) is 6.07 Å². The van der Waals surface area contributed by atoms with Crippen LogP contribution in [0.5, 0.6) is 0 Å². The van der Waals surface area contributed by atoms with Crippen LogP contribution in [0.3, 0.4) is 0 Å². The van der Waals surface area contributed by atoms with Gasteiger partial charge in [-0.15, -0.1) is 11.3 Å². The molecule has 0 bridgehead atoms. The Kier molecular flexibility index (Phi) is 4.11. The minimum absolute atomic E-state index is 0.111. The summed E-state index contributed by atoms with van der Waals surface area (Å²) in [4.78, 5) is 1.07.